The molecule has 0 radical (unpaired) electrons. The van der Waals surface area contributed by atoms with Crippen molar-refractivity contribution in [3.63, 3.8) is 0 Å². The van der Waals surface area contributed by atoms with Gasteiger partial charge in [-0.2, -0.15) is 5.10 Å². The number of nitrogens with one attached hydrogen (secondary N) is 1. The molecule has 2 heterocycles. The minimum absolute atomic E-state index is 0.0943. The third-order valence-corrected chi connectivity index (χ3v) is 4.17. The Bertz CT molecular complexity index is 879. The second-order valence-electron chi connectivity index (χ2n) is 7.26. The summed E-state index contributed by atoms with van der Waals surface area (Å²) in [5, 5.41) is 7.25. The molecule has 1 aromatic carbocycles. The summed E-state index contributed by atoms with van der Waals surface area (Å²) in [6, 6.07) is 13.0. The Balaban J connectivity index is 1.85. The Morgan fingerprint density at radius 3 is 2.23 bits per heavy atom. The molecule has 2 aromatic heterocycles. The number of hydrogen-bond acceptors (Lipinski definition) is 3. The highest BCUT2D eigenvalue weighted by atomic mass is 16.2. The Kier molecular flexibility index (Phi) is 4.75. The minimum atomic E-state index is -0.571. The van der Waals surface area contributed by atoms with Crippen LogP contribution in [0, 0.1) is 0 Å². The van der Waals surface area contributed by atoms with E-state index >= 15 is 0 Å². The zero-order valence-corrected chi connectivity index (χ0v) is 15.2. The van der Waals surface area contributed by atoms with Crippen LogP contribution in [0.1, 0.15) is 37.6 Å². The molecule has 0 aliphatic rings. The van der Waals surface area contributed by atoms with Gasteiger partial charge in [-0.1, -0.05) is 32.9 Å². The zero-order valence-electron chi connectivity index (χ0n) is 15.2. The molecule has 0 aliphatic carbocycles. The van der Waals surface area contributed by atoms with Crippen molar-refractivity contribution in [1.82, 2.24) is 15.2 Å². The molecule has 0 aliphatic heterocycles. The Labute approximate surface area is 153 Å². The normalized spacial score (nSPS) is 11.3. The molecule has 6 nitrogen and oxygen atoms in total. The number of amides is 2. The predicted octanol–water partition coefficient (Wildman–Crippen LogP) is 3.91. The Hall–Kier alpha value is -3.15. The smallest absolute Gasteiger partial charge is 0.325 e. The quantitative estimate of drug-likeness (QED) is 0.748. The minimum Gasteiger partial charge on any atom is -0.351 e. The van der Waals surface area contributed by atoms with Crippen LogP contribution in [0.4, 0.5) is 16.3 Å². The first kappa shape index (κ1) is 17.7. The van der Waals surface area contributed by atoms with Gasteiger partial charge in [-0.05, 0) is 41.8 Å². The maximum atomic E-state index is 12.0. The summed E-state index contributed by atoms with van der Waals surface area (Å²) in [6.45, 7) is 6.23. The van der Waals surface area contributed by atoms with Crippen LogP contribution in [0.15, 0.2) is 54.9 Å². The summed E-state index contributed by atoms with van der Waals surface area (Å²) in [7, 11) is 0. The lowest BCUT2D eigenvalue weighted by Crippen LogP contribution is -2.31. The van der Waals surface area contributed by atoms with Gasteiger partial charge in [0.05, 0.1) is 5.69 Å². The first-order valence-electron chi connectivity index (χ1n) is 8.48. The summed E-state index contributed by atoms with van der Waals surface area (Å²) in [5.41, 5.74) is 9.46. The number of nitrogens with two attached hydrogens (primary N) is 1. The Morgan fingerprint density at radius 2 is 1.69 bits per heavy atom. The molecule has 3 N–H and O–H groups in total. The molecule has 0 atom stereocenters. The van der Waals surface area contributed by atoms with Crippen LogP contribution < -0.4 is 10.6 Å². The molecule has 0 unspecified atom stereocenters. The van der Waals surface area contributed by atoms with Crippen LogP contribution in [0.2, 0.25) is 0 Å². The van der Waals surface area contributed by atoms with Crippen LogP contribution in [-0.4, -0.2) is 21.2 Å². The van der Waals surface area contributed by atoms with E-state index in [1.54, 1.807) is 12.4 Å². The van der Waals surface area contributed by atoms with Gasteiger partial charge in [0.2, 0.25) is 0 Å². The van der Waals surface area contributed by atoms with E-state index in [1.807, 2.05) is 42.5 Å². The third kappa shape index (κ3) is 3.91. The first-order chi connectivity index (χ1) is 12.3. The second kappa shape index (κ2) is 7.00. The van der Waals surface area contributed by atoms with E-state index in [9.17, 15) is 4.79 Å². The fourth-order valence-electron chi connectivity index (χ4n) is 2.68. The molecular formula is C20H23N5O. The molecule has 134 valence electrons. The standard InChI is InChI=1S/C20H23N5O/c1-20(2,3)17-13-18(24-23-17)25(19(21)26)16-6-4-14(5-7-16)12-15-8-10-22-11-9-15/h4-11,13H,12H2,1-3H3,(H2,21,26)(H,23,24). The van der Waals surface area contributed by atoms with Crippen molar-refractivity contribution in [3.05, 3.63) is 71.7 Å². The van der Waals surface area contributed by atoms with E-state index in [4.69, 9.17) is 5.73 Å². The third-order valence-electron chi connectivity index (χ3n) is 4.17. The molecule has 0 spiro atoms. The van der Waals surface area contributed by atoms with Crippen molar-refractivity contribution < 1.29 is 4.79 Å². The predicted molar refractivity (Wildman–Crippen MR) is 102 cm³/mol. The van der Waals surface area contributed by atoms with Crippen LogP contribution in [0.25, 0.3) is 0 Å². The van der Waals surface area contributed by atoms with Crippen LogP contribution in [0.3, 0.4) is 0 Å². The lowest BCUT2D eigenvalue weighted by molar-refractivity contribution is 0.256. The van der Waals surface area contributed by atoms with E-state index in [2.05, 4.69) is 36.0 Å². The SMILES string of the molecule is CC(C)(C)c1cc(N(C(N)=O)c2ccc(Cc3ccncc3)cc2)n[nH]1. The number of carbonyl (C=O) groups excluding carboxylic acids is 1. The molecular weight excluding hydrogens is 326 g/mol. The van der Waals surface area contributed by atoms with Gasteiger partial charge in [0, 0.05) is 29.6 Å². The average molecular weight is 349 g/mol. The highest BCUT2D eigenvalue weighted by molar-refractivity contribution is 5.97. The molecule has 3 rings (SSSR count). The highest BCUT2D eigenvalue weighted by Gasteiger charge is 2.22. The topological polar surface area (TPSA) is 87.9 Å². The fourth-order valence-corrected chi connectivity index (χ4v) is 2.68. The summed E-state index contributed by atoms with van der Waals surface area (Å²) < 4.78 is 0. The highest BCUT2D eigenvalue weighted by Crippen LogP contribution is 2.28. The van der Waals surface area contributed by atoms with E-state index in [0.29, 0.717) is 11.5 Å². The average Bonchev–Trinajstić information content (AvgIpc) is 3.07. The van der Waals surface area contributed by atoms with Gasteiger partial charge < -0.3 is 5.73 Å². The van der Waals surface area contributed by atoms with Crippen molar-refractivity contribution in [3.8, 4) is 0 Å². The van der Waals surface area contributed by atoms with Gasteiger partial charge in [0.25, 0.3) is 0 Å². The van der Waals surface area contributed by atoms with E-state index in [0.717, 1.165) is 17.7 Å². The maximum absolute atomic E-state index is 12.0. The van der Waals surface area contributed by atoms with Crippen molar-refractivity contribution in [2.75, 3.05) is 4.90 Å². The number of primary amides is 1. The number of pyridine rings is 1. The Morgan fingerprint density at radius 1 is 1.08 bits per heavy atom. The van der Waals surface area contributed by atoms with Crippen molar-refractivity contribution in [2.24, 2.45) is 5.73 Å². The summed E-state index contributed by atoms with van der Waals surface area (Å²) in [4.78, 5) is 17.5. The number of benzene rings is 1. The monoisotopic (exact) mass is 349 g/mol. The molecule has 2 amide bonds. The van der Waals surface area contributed by atoms with E-state index < -0.39 is 6.03 Å². The second-order valence-corrected chi connectivity index (χ2v) is 7.26. The van der Waals surface area contributed by atoms with Gasteiger partial charge in [-0.3, -0.25) is 10.1 Å². The number of anilines is 2. The number of urea groups is 1. The van der Waals surface area contributed by atoms with Crippen molar-refractivity contribution in [1.29, 1.82) is 0 Å². The van der Waals surface area contributed by atoms with Crippen molar-refractivity contribution in [2.45, 2.75) is 32.6 Å². The number of carbonyl (C=O) groups is 1. The van der Waals surface area contributed by atoms with Gasteiger partial charge in [-0.15, -0.1) is 0 Å². The van der Waals surface area contributed by atoms with Gasteiger partial charge >= 0.3 is 6.03 Å². The lowest BCUT2D eigenvalue weighted by atomic mass is 9.92. The van der Waals surface area contributed by atoms with Crippen LogP contribution in [0.5, 0.6) is 0 Å². The fraction of sp³-hybridized carbons (Fsp3) is 0.250. The van der Waals surface area contributed by atoms with Crippen LogP contribution >= 0.6 is 0 Å². The van der Waals surface area contributed by atoms with Crippen LogP contribution in [-0.2, 0) is 11.8 Å². The number of aromatic nitrogens is 3. The number of H-pyrrole nitrogens is 1. The summed E-state index contributed by atoms with van der Waals surface area (Å²) >= 11 is 0. The number of aromatic amines is 1. The lowest BCUT2D eigenvalue weighted by Gasteiger charge is -2.18. The van der Waals surface area contributed by atoms with Gasteiger partial charge in [0.1, 0.15) is 0 Å². The number of hydrogen-bond donors (Lipinski definition) is 2. The van der Waals surface area contributed by atoms with Gasteiger partial charge in [-0.25, -0.2) is 9.69 Å². The summed E-state index contributed by atoms with van der Waals surface area (Å²) in [6.07, 6.45) is 4.36. The van der Waals surface area contributed by atoms with E-state index in [-0.39, 0.29) is 5.41 Å². The molecule has 0 saturated carbocycles. The molecule has 0 fully saturated rings. The number of rotatable bonds is 4. The summed E-state index contributed by atoms with van der Waals surface area (Å²) in [5.74, 6) is 0.490. The maximum Gasteiger partial charge on any atom is 0.325 e. The first-order valence-corrected chi connectivity index (χ1v) is 8.48. The van der Waals surface area contributed by atoms with Crippen molar-refractivity contribution >= 4 is 17.5 Å². The largest absolute Gasteiger partial charge is 0.351 e. The molecule has 6 heteroatoms. The molecule has 0 saturated heterocycles. The molecule has 0 bridgehead atoms. The van der Waals surface area contributed by atoms with Gasteiger partial charge in [0.15, 0.2) is 5.82 Å². The molecule has 26 heavy (non-hydrogen) atoms. The molecule has 3 aromatic rings. The number of nitrogens with zero attached hydrogens (tertiary/aromatic N) is 3. The zero-order chi connectivity index (χ0) is 18.7. The van der Waals surface area contributed by atoms with E-state index in [1.165, 1.54) is 10.5 Å².